The first-order valence-electron chi connectivity index (χ1n) is 8.87. The zero-order valence-corrected chi connectivity index (χ0v) is 14.6. The van der Waals surface area contributed by atoms with Gasteiger partial charge in [-0.1, -0.05) is 18.2 Å². The molecule has 1 aliphatic rings. The van der Waals surface area contributed by atoms with Gasteiger partial charge in [0.05, 0.1) is 18.9 Å². The maximum absolute atomic E-state index is 5.96. The van der Waals surface area contributed by atoms with Crippen LogP contribution >= 0.6 is 0 Å². The maximum atomic E-state index is 5.96. The molecule has 0 saturated carbocycles. The minimum absolute atomic E-state index is 0.153. The number of aryl methyl sites for hydroxylation is 1. The Hall–Kier alpha value is -1.85. The fraction of sp³-hybridized carbons (Fsp3) is 0.526. The van der Waals surface area contributed by atoms with E-state index in [-0.39, 0.29) is 6.10 Å². The first kappa shape index (κ1) is 17.0. The number of benzene rings is 1. The Kier molecular flexibility index (Phi) is 5.88. The minimum Gasteiger partial charge on any atom is -0.494 e. The molecule has 0 radical (unpaired) electrons. The highest BCUT2D eigenvalue weighted by Crippen LogP contribution is 2.34. The van der Waals surface area contributed by atoms with Crippen LogP contribution in [-0.2, 0) is 17.8 Å². The topological polar surface area (TPSA) is 48.3 Å². The molecule has 0 unspecified atom stereocenters. The normalized spacial score (nSPS) is 20.4. The van der Waals surface area contributed by atoms with Crippen molar-refractivity contribution >= 4 is 0 Å². The van der Waals surface area contributed by atoms with Crippen LogP contribution in [-0.4, -0.2) is 29.5 Å². The van der Waals surface area contributed by atoms with Gasteiger partial charge in [0, 0.05) is 49.5 Å². The van der Waals surface area contributed by atoms with Gasteiger partial charge in [-0.25, -0.2) is 0 Å². The SMILES string of the molecule is CCOc1ccccc1CNC[C@H]1CCO[C@@H]1c1cnn(CC)c1. The summed E-state index contributed by atoms with van der Waals surface area (Å²) in [6, 6.07) is 8.22. The first-order chi connectivity index (χ1) is 11.8. The van der Waals surface area contributed by atoms with Crippen LogP contribution in [0.4, 0.5) is 0 Å². The highest BCUT2D eigenvalue weighted by atomic mass is 16.5. The van der Waals surface area contributed by atoms with Crippen molar-refractivity contribution in [3.63, 3.8) is 0 Å². The summed E-state index contributed by atoms with van der Waals surface area (Å²) in [4.78, 5) is 0. The molecule has 2 atom stereocenters. The lowest BCUT2D eigenvalue weighted by Crippen LogP contribution is -2.24. The van der Waals surface area contributed by atoms with E-state index >= 15 is 0 Å². The van der Waals surface area contributed by atoms with Crippen molar-refractivity contribution in [3.8, 4) is 5.75 Å². The van der Waals surface area contributed by atoms with Crippen LogP contribution in [0.15, 0.2) is 36.7 Å². The van der Waals surface area contributed by atoms with E-state index in [9.17, 15) is 0 Å². The molecule has 2 aromatic rings. The average molecular weight is 329 g/mol. The molecule has 1 N–H and O–H groups in total. The predicted octanol–water partition coefficient (Wildman–Crippen LogP) is 3.17. The zero-order chi connectivity index (χ0) is 16.8. The summed E-state index contributed by atoms with van der Waals surface area (Å²) in [6.07, 6.45) is 5.28. The summed E-state index contributed by atoms with van der Waals surface area (Å²) in [5.41, 5.74) is 2.39. The molecule has 1 aliphatic heterocycles. The molecular formula is C19H27N3O2. The number of ether oxygens (including phenoxy) is 2. The van der Waals surface area contributed by atoms with Crippen LogP contribution in [0.1, 0.15) is 37.5 Å². The molecule has 0 amide bonds. The number of nitrogens with one attached hydrogen (secondary N) is 1. The van der Waals surface area contributed by atoms with Crippen molar-refractivity contribution in [2.45, 2.75) is 39.5 Å². The molecule has 5 nitrogen and oxygen atoms in total. The number of aromatic nitrogens is 2. The second-order valence-electron chi connectivity index (χ2n) is 6.14. The summed E-state index contributed by atoms with van der Waals surface area (Å²) < 4.78 is 13.6. The molecule has 3 rings (SSSR count). The maximum Gasteiger partial charge on any atom is 0.123 e. The van der Waals surface area contributed by atoms with E-state index in [1.807, 2.05) is 29.9 Å². The lowest BCUT2D eigenvalue weighted by atomic mass is 9.97. The van der Waals surface area contributed by atoms with Gasteiger partial charge in [0.15, 0.2) is 0 Å². The van der Waals surface area contributed by atoms with E-state index in [0.29, 0.717) is 12.5 Å². The standard InChI is InChI=1S/C19H27N3O2/c1-3-22-14-17(13-21-22)19-16(9-10-24-19)12-20-11-15-7-5-6-8-18(15)23-4-2/h5-8,13-14,16,19-20H,3-4,9-12H2,1-2H3/t16-,19+/m1/s1. The Labute approximate surface area is 144 Å². The van der Waals surface area contributed by atoms with Gasteiger partial charge in [-0.05, 0) is 26.3 Å². The van der Waals surface area contributed by atoms with Gasteiger partial charge in [0.2, 0.25) is 0 Å². The van der Waals surface area contributed by atoms with Crippen LogP contribution in [0.25, 0.3) is 0 Å². The average Bonchev–Trinajstić information content (AvgIpc) is 3.25. The number of para-hydroxylation sites is 1. The lowest BCUT2D eigenvalue weighted by molar-refractivity contribution is 0.0903. The minimum atomic E-state index is 0.153. The Morgan fingerprint density at radius 3 is 3.00 bits per heavy atom. The Morgan fingerprint density at radius 2 is 2.21 bits per heavy atom. The van der Waals surface area contributed by atoms with E-state index in [4.69, 9.17) is 9.47 Å². The summed E-state index contributed by atoms with van der Waals surface area (Å²) in [5, 5.41) is 7.95. The van der Waals surface area contributed by atoms with Crippen molar-refractivity contribution in [3.05, 3.63) is 47.8 Å². The summed E-state index contributed by atoms with van der Waals surface area (Å²) >= 11 is 0. The van der Waals surface area contributed by atoms with Crippen LogP contribution in [0.5, 0.6) is 5.75 Å². The second-order valence-corrected chi connectivity index (χ2v) is 6.14. The Bertz CT molecular complexity index is 641. The van der Waals surface area contributed by atoms with E-state index in [1.54, 1.807) is 0 Å². The Morgan fingerprint density at radius 1 is 1.33 bits per heavy atom. The van der Waals surface area contributed by atoms with E-state index in [0.717, 1.165) is 38.4 Å². The molecule has 1 aromatic heterocycles. The summed E-state index contributed by atoms with van der Waals surface area (Å²) in [5.74, 6) is 1.45. The van der Waals surface area contributed by atoms with Gasteiger partial charge >= 0.3 is 0 Å². The molecule has 2 heterocycles. The quantitative estimate of drug-likeness (QED) is 0.808. The fourth-order valence-electron chi connectivity index (χ4n) is 3.25. The number of rotatable bonds is 8. The van der Waals surface area contributed by atoms with Gasteiger partial charge in [0.25, 0.3) is 0 Å². The van der Waals surface area contributed by atoms with E-state index in [2.05, 4.69) is 35.7 Å². The largest absolute Gasteiger partial charge is 0.494 e. The molecule has 1 fully saturated rings. The highest BCUT2D eigenvalue weighted by molar-refractivity contribution is 5.33. The number of hydrogen-bond acceptors (Lipinski definition) is 4. The van der Waals surface area contributed by atoms with Crippen LogP contribution < -0.4 is 10.1 Å². The van der Waals surface area contributed by atoms with Crippen molar-refractivity contribution in [1.29, 1.82) is 0 Å². The van der Waals surface area contributed by atoms with Crippen molar-refractivity contribution in [2.24, 2.45) is 5.92 Å². The molecule has 130 valence electrons. The molecule has 1 aromatic carbocycles. The van der Waals surface area contributed by atoms with Gasteiger partial charge in [-0.2, -0.15) is 5.10 Å². The number of hydrogen-bond donors (Lipinski definition) is 1. The van der Waals surface area contributed by atoms with Crippen molar-refractivity contribution in [2.75, 3.05) is 19.8 Å². The molecule has 0 spiro atoms. The van der Waals surface area contributed by atoms with Gasteiger partial charge in [-0.3, -0.25) is 4.68 Å². The monoisotopic (exact) mass is 329 g/mol. The summed E-state index contributed by atoms with van der Waals surface area (Å²) in [7, 11) is 0. The highest BCUT2D eigenvalue weighted by Gasteiger charge is 2.30. The van der Waals surface area contributed by atoms with Crippen molar-refractivity contribution in [1.82, 2.24) is 15.1 Å². The summed E-state index contributed by atoms with van der Waals surface area (Å²) in [6.45, 7) is 8.27. The molecule has 5 heteroatoms. The van der Waals surface area contributed by atoms with Crippen LogP contribution in [0.3, 0.4) is 0 Å². The van der Waals surface area contributed by atoms with E-state index < -0.39 is 0 Å². The molecule has 0 aliphatic carbocycles. The van der Waals surface area contributed by atoms with Crippen LogP contribution in [0.2, 0.25) is 0 Å². The predicted molar refractivity (Wildman–Crippen MR) is 94.0 cm³/mol. The number of nitrogens with zero attached hydrogens (tertiary/aromatic N) is 2. The molecule has 1 saturated heterocycles. The van der Waals surface area contributed by atoms with E-state index in [1.165, 1.54) is 11.1 Å². The van der Waals surface area contributed by atoms with Gasteiger partial charge in [-0.15, -0.1) is 0 Å². The lowest BCUT2D eigenvalue weighted by Gasteiger charge is -2.18. The smallest absolute Gasteiger partial charge is 0.123 e. The zero-order valence-electron chi connectivity index (χ0n) is 14.6. The second kappa shape index (κ2) is 8.31. The van der Waals surface area contributed by atoms with Crippen molar-refractivity contribution < 1.29 is 9.47 Å². The Balaban J connectivity index is 1.56. The van der Waals surface area contributed by atoms with Crippen LogP contribution in [0, 0.1) is 5.92 Å². The fourth-order valence-corrected chi connectivity index (χ4v) is 3.25. The third kappa shape index (κ3) is 3.97. The van der Waals surface area contributed by atoms with Gasteiger partial charge < -0.3 is 14.8 Å². The molecular weight excluding hydrogens is 302 g/mol. The molecule has 0 bridgehead atoms. The first-order valence-corrected chi connectivity index (χ1v) is 8.87. The van der Waals surface area contributed by atoms with Gasteiger partial charge in [0.1, 0.15) is 5.75 Å². The molecule has 24 heavy (non-hydrogen) atoms. The third-order valence-corrected chi connectivity index (χ3v) is 4.51. The third-order valence-electron chi connectivity index (χ3n) is 4.51.